The Labute approximate surface area is 219 Å². The number of halogens is 2. The number of carbonyl (C=O) groups is 1. The minimum Gasteiger partial charge on any atom is -0.494 e. The monoisotopic (exact) mass is 521 g/mol. The SMILES string of the molecule is Cc1ccc(OCCCC(C)(C)O)cc1-c1ccnc(NC(=O)c2nnc(Cc3cccc(F)c3F)[nH]2)c1. The molecule has 0 atom stereocenters. The molecule has 0 fully saturated rings. The molecule has 1 amide bonds. The normalized spacial score (nSPS) is 11.4. The molecule has 0 spiro atoms. The van der Waals surface area contributed by atoms with Crippen LogP contribution in [0.2, 0.25) is 0 Å². The molecule has 0 aliphatic heterocycles. The molecular formula is C28H29F2N5O3. The van der Waals surface area contributed by atoms with Gasteiger partial charge in [0.05, 0.1) is 12.2 Å². The van der Waals surface area contributed by atoms with E-state index in [1.165, 1.54) is 12.1 Å². The van der Waals surface area contributed by atoms with Gasteiger partial charge in [-0.25, -0.2) is 13.8 Å². The summed E-state index contributed by atoms with van der Waals surface area (Å²) in [5.41, 5.74) is 2.13. The van der Waals surface area contributed by atoms with E-state index in [4.69, 9.17) is 4.74 Å². The molecule has 2 aromatic heterocycles. The predicted molar refractivity (Wildman–Crippen MR) is 139 cm³/mol. The van der Waals surface area contributed by atoms with Crippen LogP contribution in [0, 0.1) is 18.6 Å². The van der Waals surface area contributed by atoms with Crippen LogP contribution in [0.4, 0.5) is 14.6 Å². The third-order valence-electron chi connectivity index (χ3n) is 5.86. The summed E-state index contributed by atoms with van der Waals surface area (Å²) in [6.45, 7) is 6.00. The first-order chi connectivity index (χ1) is 18.1. The van der Waals surface area contributed by atoms with Gasteiger partial charge >= 0.3 is 0 Å². The van der Waals surface area contributed by atoms with Crippen molar-refractivity contribution in [3.63, 3.8) is 0 Å². The van der Waals surface area contributed by atoms with Crippen molar-refractivity contribution in [1.82, 2.24) is 20.2 Å². The lowest BCUT2D eigenvalue weighted by Crippen LogP contribution is -2.19. The number of hydrogen-bond donors (Lipinski definition) is 3. The number of pyridine rings is 1. The first-order valence-electron chi connectivity index (χ1n) is 12.2. The summed E-state index contributed by atoms with van der Waals surface area (Å²) in [6.07, 6.45) is 2.89. The third-order valence-corrected chi connectivity index (χ3v) is 5.86. The molecule has 0 aliphatic rings. The van der Waals surface area contributed by atoms with Crippen molar-refractivity contribution in [3.8, 4) is 16.9 Å². The van der Waals surface area contributed by atoms with E-state index in [1.807, 2.05) is 31.2 Å². The van der Waals surface area contributed by atoms with Crippen LogP contribution in [0.5, 0.6) is 5.75 Å². The molecule has 2 heterocycles. The molecule has 4 aromatic rings. The fourth-order valence-corrected chi connectivity index (χ4v) is 3.88. The van der Waals surface area contributed by atoms with Crippen LogP contribution < -0.4 is 10.1 Å². The van der Waals surface area contributed by atoms with Gasteiger partial charge in [0.1, 0.15) is 17.4 Å². The second-order valence-electron chi connectivity index (χ2n) is 9.64. The molecule has 0 unspecified atom stereocenters. The van der Waals surface area contributed by atoms with Crippen molar-refractivity contribution in [3.05, 3.63) is 89.1 Å². The Morgan fingerprint density at radius 1 is 1.13 bits per heavy atom. The standard InChI is InChI=1S/C28H29F2N5O3/c1-17-8-9-20(38-13-5-11-28(2,3)37)16-21(17)18-10-12-31-23(14-18)33-27(36)26-32-24(34-35-26)15-19-6-4-7-22(29)25(19)30/h4,6-10,12,14,16,37H,5,11,13,15H2,1-3H3,(H,31,33,36)(H,32,34,35). The lowest BCUT2D eigenvalue weighted by Gasteiger charge is -2.17. The molecule has 3 N–H and O–H groups in total. The molecular weight excluding hydrogens is 492 g/mol. The maximum atomic E-state index is 13.9. The van der Waals surface area contributed by atoms with Gasteiger partial charge in [0.25, 0.3) is 5.91 Å². The van der Waals surface area contributed by atoms with Crippen LogP contribution in [0.1, 0.15) is 54.3 Å². The smallest absolute Gasteiger partial charge is 0.294 e. The van der Waals surface area contributed by atoms with Crippen LogP contribution in [-0.2, 0) is 6.42 Å². The topological polar surface area (TPSA) is 113 Å². The van der Waals surface area contributed by atoms with Crippen LogP contribution >= 0.6 is 0 Å². The van der Waals surface area contributed by atoms with Gasteiger partial charge in [-0.1, -0.05) is 18.2 Å². The Kier molecular flexibility index (Phi) is 8.11. The van der Waals surface area contributed by atoms with Gasteiger partial charge in [-0.2, -0.15) is 0 Å². The van der Waals surface area contributed by atoms with Gasteiger partial charge in [-0.3, -0.25) is 4.79 Å². The van der Waals surface area contributed by atoms with E-state index in [2.05, 4.69) is 25.5 Å². The molecule has 4 rings (SSSR count). The van der Waals surface area contributed by atoms with E-state index < -0.39 is 23.1 Å². The highest BCUT2D eigenvalue weighted by Gasteiger charge is 2.16. The highest BCUT2D eigenvalue weighted by molar-refractivity contribution is 6.01. The second-order valence-corrected chi connectivity index (χ2v) is 9.64. The number of benzene rings is 2. The summed E-state index contributed by atoms with van der Waals surface area (Å²) in [7, 11) is 0. The fraction of sp³-hybridized carbons (Fsp3) is 0.286. The zero-order chi connectivity index (χ0) is 27.3. The second kappa shape index (κ2) is 11.5. The molecule has 8 nitrogen and oxygen atoms in total. The molecule has 0 saturated heterocycles. The number of carbonyl (C=O) groups excluding carboxylic acids is 1. The number of ether oxygens (including phenoxy) is 1. The quantitative estimate of drug-likeness (QED) is 0.247. The van der Waals surface area contributed by atoms with Crippen molar-refractivity contribution in [2.45, 2.75) is 45.6 Å². The number of amides is 1. The summed E-state index contributed by atoms with van der Waals surface area (Å²) in [4.78, 5) is 19.7. The zero-order valence-electron chi connectivity index (χ0n) is 21.4. The highest BCUT2D eigenvalue weighted by atomic mass is 19.2. The van der Waals surface area contributed by atoms with E-state index >= 15 is 0 Å². The Morgan fingerprint density at radius 3 is 2.74 bits per heavy atom. The van der Waals surface area contributed by atoms with E-state index in [1.54, 1.807) is 26.1 Å². The lowest BCUT2D eigenvalue weighted by molar-refractivity contribution is 0.0641. The minimum atomic E-state index is -0.963. The van der Waals surface area contributed by atoms with Gasteiger partial charge in [0.15, 0.2) is 11.6 Å². The molecule has 0 bridgehead atoms. The number of H-pyrrole nitrogens is 1. The van der Waals surface area contributed by atoms with E-state index in [9.17, 15) is 18.7 Å². The van der Waals surface area contributed by atoms with Crippen LogP contribution in [0.3, 0.4) is 0 Å². The Balaban J connectivity index is 1.43. The van der Waals surface area contributed by atoms with Gasteiger partial charge in [0.2, 0.25) is 5.82 Å². The summed E-state index contributed by atoms with van der Waals surface area (Å²) < 4.78 is 33.3. The van der Waals surface area contributed by atoms with Crippen molar-refractivity contribution in [1.29, 1.82) is 0 Å². The number of nitrogens with one attached hydrogen (secondary N) is 2. The van der Waals surface area contributed by atoms with Gasteiger partial charge < -0.3 is 20.1 Å². The number of hydrogen-bond acceptors (Lipinski definition) is 6. The van der Waals surface area contributed by atoms with Crippen LogP contribution in [0.15, 0.2) is 54.7 Å². The Bertz CT molecular complexity index is 1430. The number of aromatic nitrogens is 4. The lowest BCUT2D eigenvalue weighted by atomic mass is 10.0. The van der Waals surface area contributed by atoms with E-state index in [0.29, 0.717) is 24.6 Å². The zero-order valence-corrected chi connectivity index (χ0v) is 21.4. The molecule has 198 valence electrons. The first-order valence-corrected chi connectivity index (χ1v) is 12.2. The molecule has 0 radical (unpaired) electrons. The maximum absolute atomic E-state index is 13.9. The average molecular weight is 522 g/mol. The summed E-state index contributed by atoms with van der Waals surface area (Å²) >= 11 is 0. The van der Waals surface area contributed by atoms with Gasteiger partial charge in [-0.15, -0.1) is 10.2 Å². The third kappa shape index (κ3) is 6.98. The summed E-state index contributed by atoms with van der Waals surface area (Å²) in [5, 5.41) is 20.2. The number of anilines is 1. The number of nitrogens with zero attached hydrogens (tertiary/aromatic N) is 3. The number of aliphatic hydroxyl groups is 1. The molecule has 38 heavy (non-hydrogen) atoms. The van der Waals surface area contributed by atoms with Gasteiger partial charge in [-0.05, 0) is 86.2 Å². The molecule has 0 aliphatic carbocycles. The highest BCUT2D eigenvalue weighted by Crippen LogP contribution is 2.29. The summed E-state index contributed by atoms with van der Waals surface area (Å²) in [6, 6.07) is 13.2. The van der Waals surface area contributed by atoms with Crippen LogP contribution in [0.25, 0.3) is 11.1 Å². The fourth-order valence-electron chi connectivity index (χ4n) is 3.88. The molecule has 2 aromatic carbocycles. The predicted octanol–water partition coefficient (Wildman–Crippen LogP) is 5.23. The maximum Gasteiger partial charge on any atom is 0.294 e. The number of rotatable bonds is 10. The van der Waals surface area contributed by atoms with Crippen LogP contribution in [-0.4, -0.2) is 43.4 Å². The molecule has 10 heteroatoms. The largest absolute Gasteiger partial charge is 0.494 e. The first kappa shape index (κ1) is 26.9. The average Bonchev–Trinajstić information content (AvgIpc) is 3.34. The Hall–Kier alpha value is -4.18. The number of aromatic amines is 1. The van der Waals surface area contributed by atoms with Crippen molar-refractivity contribution >= 4 is 11.7 Å². The molecule has 0 saturated carbocycles. The van der Waals surface area contributed by atoms with Crippen molar-refractivity contribution in [2.24, 2.45) is 0 Å². The Morgan fingerprint density at radius 2 is 1.95 bits per heavy atom. The minimum absolute atomic E-state index is 0.0486. The van der Waals surface area contributed by atoms with Gasteiger partial charge in [0, 0.05) is 12.6 Å². The van der Waals surface area contributed by atoms with Crippen molar-refractivity contribution in [2.75, 3.05) is 11.9 Å². The van der Waals surface area contributed by atoms with Crippen molar-refractivity contribution < 1.29 is 23.4 Å². The van der Waals surface area contributed by atoms with E-state index in [-0.39, 0.29) is 23.6 Å². The van der Waals surface area contributed by atoms with E-state index in [0.717, 1.165) is 29.2 Å². The number of aryl methyl sites for hydroxylation is 1. The summed E-state index contributed by atoms with van der Waals surface area (Å²) in [5.74, 6) is -1.35.